The standard InChI is InChI=1S/C85H132N12O16/c1-23-25-46-111-60(12)71(89-75(101)66(48-55(5)6)93(19)80(106)64(47-54(3)4)87-74(100)67(49-61-38-30-26-31-39-61)92(18)79(105)59(11)91(17)84(110)113-85(13,14)15)83(109)90(16)52-69(98)95(21)73(57(9)24-2)77(103)86-58(10)78(104)94(20)68(50-62-40-32-27-33-41-62)82(108)96(22)72(56(7)8)76(102)88-65(81(107)97-44-36-29-37-45-97)51-70(99)112-53-63-42-34-28-35-43-63/h26-28,30-35,38-43,54-60,64-68,71-73H,23-25,29,36-37,44-53H2,1-22H3,(H,86,103)(H,87,100)(H,88,102)(H,89,101)/t57-,58-,59-,60+,64-,65-,66-,67-,68-,71-,72-,73-/m0/s1. The molecular formula is C85H132N12O16. The van der Waals surface area contributed by atoms with Crippen molar-refractivity contribution < 1.29 is 76.5 Å². The van der Waals surface area contributed by atoms with Crippen LogP contribution in [0.15, 0.2) is 91.0 Å². The lowest BCUT2D eigenvalue weighted by Crippen LogP contribution is -2.62. The molecule has 0 saturated carbocycles. The number of carbonyl (C=O) groups is 13. The highest BCUT2D eigenvalue weighted by molar-refractivity contribution is 5.99. The lowest BCUT2D eigenvalue weighted by atomic mass is 9.96. The monoisotopic (exact) mass is 1580 g/mol. The number of likely N-dealkylation sites (N-methyl/N-ethyl adjacent to an activating group) is 7. The third-order valence-corrected chi connectivity index (χ3v) is 20.7. The molecule has 4 rings (SSSR count). The van der Waals surface area contributed by atoms with E-state index in [1.807, 2.05) is 53.7 Å². The first-order valence-corrected chi connectivity index (χ1v) is 40.0. The number of carbonyl (C=O) groups excluding carboxylic acids is 13. The van der Waals surface area contributed by atoms with E-state index < -0.39 is 174 Å². The van der Waals surface area contributed by atoms with Crippen LogP contribution in [0, 0.1) is 23.7 Å². The summed E-state index contributed by atoms with van der Waals surface area (Å²) in [4.78, 5) is 199. The smallest absolute Gasteiger partial charge is 0.410 e. The van der Waals surface area contributed by atoms with Crippen molar-refractivity contribution in [2.24, 2.45) is 23.7 Å². The van der Waals surface area contributed by atoms with E-state index in [9.17, 15) is 43.2 Å². The van der Waals surface area contributed by atoms with Crippen LogP contribution in [0.5, 0.6) is 0 Å². The number of nitrogens with zero attached hydrogens (tertiary/aromatic N) is 8. The van der Waals surface area contributed by atoms with Gasteiger partial charge in [-0.15, -0.1) is 0 Å². The number of amides is 12. The molecule has 28 heteroatoms. The van der Waals surface area contributed by atoms with Gasteiger partial charge >= 0.3 is 12.1 Å². The number of likely N-dealkylation sites (tertiary alicyclic amines) is 1. The lowest BCUT2D eigenvalue weighted by Gasteiger charge is -2.38. The summed E-state index contributed by atoms with van der Waals surface area (Å²) in [5.41, 5.74) is 1.27. The molecule has 0 radical (unpaired) electrons. The number of piperidine rings is 1. The van der Waals surface area contributed by atoms with E-state index in [1.54, 1.807) is 132 Å². The molecule has 1 aliphatic heterocycles. The first-order chi connectivity index (χ1) is 53.1. The zero-order chi connectivity index (χ0) is 84.9. The first kappa shape index (κ1) is 95.9. The van der Waals surface area contributed by atoms with E-state index in [4.69, 9.17) is 14.2 Å². The van der Waals surface area contributed by atoms with Gasteiger partial charge in [-0.05, 0) is 120 Å². The molecule has 0 spiro atoms. The normalized spacial score (nSPS) is 15.5. The summed E-state index contributed by atoms with van der Waals surface area (Å²) in [6, 6.07) is 14.5. The first-order valence-electron chi connectivity index (χ1n) is 40.0. The van der Waals surface area contributed by atoms with Gasteiger partial charge in [0.2, 0.25) is 65.0 Å². The lowest BCUT2D eigenvalue weighted by molar-refractivity contribution is -0.152. The fourth-order valence-electron chi connectivity index (χ4n) is 13.7. The van der Waals surface area contributed by atoms with E-state index in [2.05, 4.69) is 21.3 Å². The third kappa shape index (κ3) is 29.5. The van der Waals surface area contributed by atoms with Crippen molar-refractivity contribution in [3.8, 4) is 0 Å². The van der Waals surface area contributed by atoms with Crippen LogP contribution in [0.3, 0.4) is 0 Å². The minimum Gasteiger partial charge on any atom is -0.461 e. The molecule has 1 aliphatic rings. The summed E-state index contributed by atoms with van der Waals surface area (Å²) < 4.78 is 17.3. The maximum Gasteiger partial charge on any atom is 0.410 e. The van der Waals surface area contributed by atoms with Crippen molar-refractivity contribution in [3.63, 3.8) is 0 Å². The number of hydrogen-bond acceptors (Lipinski definition) is 16. The Labute approximate surface area is 671 Å². The maximum absolute atomic E-state index is 15.2. The third-order valence-electron chi connectivity index (χ3n) is 20.7. The zero-order valence-electron chi connectivity index (χ0n) is 71.2. The predicted molar refractivity (Wildman–Crippen MR) is 432 cm³/mol. The van der Waals surface area contributed by atoms with Gasteiger partial charge < -0.3 is 69.8 Å². The largest absolute Gasteiger partial charge is 0.461 e. The average Bonchev–Trinajstić information content (AvgIpc) is 0.794. The number of unbranched alkanes of at least 4 members (excludes halogenated alkanes) is 1. The van der Waals surface area contributed by atoms with Gasteiger partial charge in [-0.2, -0.15) is 0 Å². The van der Waals surface area contributed by atoms with Gasteiger partial charge in [0.05, 0.1) is 19.1 Å². The number of rotatable bonds is 42. The Hall–Kier alpha value is -9.47. The van der Waals surface area contributed by atoms with Crippen LogP contribution in [-0.2, 0) is 91.2 Å². The van der Waals surface area contributed by atoms with E-state index in [0.29, 0.717) is 37.1 Å². The van der Waals surface area contributed by atoms with Crippen molar-refractivity contribution in [2.45, 2.75) is 253 Å². The summed E-state index contributed by atoms with van der Waals surface area (Å²) in [5.74, 6) is -9.36. The van der Waals surface area contributed by atoms with Crippen molar-refractivity contribution in [1.82, 2.24) is 60.5 Å². The van der Waals surface area contributed by atoms with E-state index in [-0.39, 0.29) is 50.7 Å². The summed E-state index contributed by atoms with van der Waals surface area (Å²) in [7, 11) is 9.99. The Morgan fingerprint density at radius 3 is 1.50 bits per heavy atom. The van der Waals surface area contributed by atoms with Crippen molar-refractivity contribution in [3.05, 3.63) is 108 Å². The van der Waals surface area contributed by atoms with Crippen LogP contribution in [0.25, 0.3) is 0 Å². The van der Waals surface area contributed by atoms with Gasteiger partial charge in [-0.1, -0.05) is 166 Å². The Morgan fingerprint density at radius 2 is 0.991 bits per heavy atom. The molecule has 12 amide bonds. The molecule has 3 aromatic carbocycles. The predicted octanol–water partition coefficient (Wildman–Crippen LogP) is 7.43. The molecule has 0 aliphatic carbocycles. The molecule has 1 heterocycles. The molecular weight excluding hydrogens is 1450 g/mol. The maximum atomic E-state index is 15.2. The molecule has 12 atom stereocenters. The molecule has 0 unspecified atom stereocenters. The topological polar surface area (TPSA) is 324 Å². The van der Waals surface area contributed by atoms with Gasteiger partial charge in [0.25, 0.3) is 0 Å². The van der Waals surface area contributed by atoms with Crippen LogP contribution in [0.1, 0.15) is 178 Å². The van der Waals surface area contributed by atoms with Crippen molar-refractivity contribution in [1.29, 1.82) is 0 Å². The van der Waals surface area contributed by atoms with Gasteiger partial charge in [-0.3, -0.25) is 62.4 Å². The molecule has 628 valence electrons. The highest BCUT2D eigenvalue weighted by Crippen LogP contribution is 2.24. The molecule has 0 aromatic heterocycles. The fourth-order valence-corrected chi connectivity index (χ4v) is 13.7. The molecule has 0 bridgehead atoms. The highest BCUT2D eigenvalue weighted by atomic mass is 16.6. The Kier molecular flexibility index (Phi) is 39.1. The number of nitrogens with one attached hydrogen (secondary N) is 4. The number of hydrogen-bond donors (Lipinski definition) is 4. The van der Waals surface area contributed by atoms with Crippen LogP contribution in [-0.4, -0.2) is 264 Å². The number of esters is 1. The second-order valence-electron chi connectivity index (χ2n) is 32.5. The zero-order valence-corrected chi connectivity index (χ0v) is 71.2. The van der Waals surface area contributed by atoms with Crippen molar-refractivity contribution >= 4 is 77.0 Å². The Bertz CT molecular complexity index is 3610. The van der Waals surface area contributed by atoms with E-state index in [1.165, 1.54) is 87.7 Å². The fraction of sp³-hybridized carbons (Fsp3) is 0.635. The Balaban J connectivity index is 1.60. The summed E-state index contributed by atoms with van der Waals surface area (Å²) in [6.07, 6.45) is 2.20. The SMILES string of the molecule is CCCCO[C@H](C)[C@H](NC(=O)[C@H](CC(C)C)N(C)C(=O)[C@H](CC(C)C)NC(=O)[C@H](Cc1ccccc1)N(C)C(=O)[C@H](C)N(C)C(=O)OC(C)(C)C)C(=O)N(C)CC(=O)N(C)[C@H](C(=O)N[C@@H](C)C(=O)N(C)[C@@H](Cc1ccccc1)C(=O)N(C)[C@H](C(=O)N[C@@H](CC(=O)OCc1ccccc1)C(=O)N1CCCCC1)C(C)C)[C@@H](C)CC. The summed E-state index contributed by atoms with van der Waals surface area (Å²) in [5, 5.41) is 11.4. The molecule has 3 aromatic rings. The second kappa shape index (κ2) is 46.0. The molecule has 1 fully saturated rings. The van der Waals surface area contributed by atoms with Crippen molar-refractivity contribution in [2.75, 3.05) is 75.6 Å². The van der Waals surface area contributed by atoms with Gasteiger partial charge in [0, 0.05) is 81.9 Å². The van der Waals surface area contributed by atoms with Crippen LogP contribution >= 0.6 is 0 Å². The molecule has 4 N–H and O–H groups in total. The quantitative estimate of drug-likeness (QED) is 0.0316. The van der Waals surface area contributed by atoms with Gasteiger partial charge in [0.1, 0.15) is 72.6 Å². The Morgan fingerprint density at radius 1 is 0.496 bits per heavy atom. The van der Waals surface area contributed by atoms with Crippen LogP contribution < -0.4 is 21.3 Å². The molecule has 113 heavy (non-hydrogen) atoms. The van der Waals surface area contributed by atoms with E-state index in [0.717, 1.165) is 41.0 Å². The van der Waals surface area contributed by atoms with Crippen LogP contribution in [0.4, 0.5) is 4.79 Å². The minimum atomic E-state index is -1.43. The van der Waals surface area contributed by atoms with Gasteiger partial charge in [-0.25, -0.2) is 4.79 Å². The summed E-state index contributed by atoms with van der Waals surface area (Å²) >= 11 is 0. The van der Waals surface area contributed by atoms with Crippen LogP contribution in [0.2, 0.25) is 0 Å². The minimum absolute atomic E-state index is 0.0209. The second-order valence-corrected chi connectivity index (χ2v) is 32.5. The molecule has 1 saturated heterocycles. The number of ether oxygens (including phenoxy) is 3. The summed E-state index contributed by atoms with van der Waals surface area (Å²) in [6.45, 7) is 26.6. The van der Waals surface area contributed by atoms with E-state index >= 15 is 19.2 Å². The number of benzene rings is 3. The van der Waals surface area contributed by atoms with Gasteiger partial charge in [0.15, 0.2) is 0 Å². The molecule has 28 nitrogen and oxygen atoms in total. The highest BCUT2D eigenvalue weighted by Gasteiger charge is 2.44. The average molecular weight is 1580 g/mol.